The Morgan fingerprint density at radius 3 is 2.29 bits per heavy atom. The van der Waals surface area contributed by atoms with E-state index in [1.807, 2.05) is 12.1 Å². The highest BCUT2D eigenvalue weighted by molar-refractivity contribution is 5.98. The summed E-state index contributed by atoms with van der Waals surface area (Å²) in [6.07, 6.45) is 1.87. The zero-order chi connectivity index (χ0) is 17.9. The number of aryl methyl sites for hydroxylation is 1. The van der Waals surface area contributed by atoms with Crippen LogP contribution in [-0.4, -0.2) is 38.7 Å². The van der Waals surface area contributed by atoms with E-state index < -0.39 is 11.9 Å². The van der Waals surface area contributed by atoms with E-state index in [1.165, 1.54) is 14.2 Å². The van der Waals surface area contributed by atoms with Crippen LogP contribution in [0.2, 0.25) is 0 Å². The molecule has 0 saturated heterocycles. The first-order chi connectivity index (χ1) is 11.5. The van der Waals surface area contributed by atoms with Crippen LogP contribution < -0.4 is 5.32 Å². The molecule has 0 atom stereocenters. The summed E-state index contributed by atoms with van der Waals surface area (Å²) in [4.78, 5) is 34.3. The van der Waals surface area contributed by atoms with Crippen molar-refractivity contribution in [1.82, 2.24) is 0 Å². The molecule has 0 bridgehead atoms. The Morgan fingerprint density at radius 2 is 1.75 bits per heavy atom. The first-order valence-electron chi connectivity index (χ1n) is 7.39. The summed E-state index contributed by atoms with van der Waals surface area (Å²) in [7, 11) is 2.43. The molecule has 0 aromatic heterocycles. The van der Waals surface area contributed by atoms with E-state index in [4.69, 9.17) is 4.74 Å². The molecule has 0 unspecified atom stereocenters. The van der Waals surface area contributed by atoms with Crippen LogP contribution in [0.5, 0.6) is 0 Å². The maximum Gasteiger partial charge on any atom is 0.354 e. The summed E-state index contributed by atoms with van der Waals surface area (Å²) in [5.74, 6) is -1.60. The van der Waals surface area contributed by atoms with Crippen molar-refractivity contribution in [3.05, 3.63) is 41.6 Å². The summed E-state index contributed by atoms with van der Waals surface area (Å²) >= 11 is 0. The number of methoxy groups -OCH3 is 2. The van der Waals surface area contributed by atoms with E-state index in [9.17, 15) is 14.4 Å². The fourth-order valence-corrected chi connectivity index (χ4v) is 1.82. The number of carbonyl (C=O) groups excluding carboxylic acids is 3. The largest absolute Gasteiger partial charge is 0.466 e. The van der Waals surface area contributed by atoms with Crippen LogP contribution in [-0.2, 0) is 35.0 Å². The molecular formula is C17H21NO6. The molecule has 24 heavy (non-hydrogen) atoms. The van der Waals surface area contributed by atoms with Gasteiger partial charge in [0, 0.05) is 12.1 Å². The van der Waals surface area contributed by atoms with Gasteiger partial charge in [-0.15, -0.1) is 0 Å². The normalized spacial score (nSPS) is 10.7. The highest BCUT2D eigenvalue weighted by atomic mass is 16.5. The van der Waals surface area contributed by atoms with E-state index in [0.717, 1.165) is 11.6 Å². The molecule has 0 saturated carbocycles. The summed E-state index contributed by atoms with van der Waals surface area (Å²) in [6.45, 7) is 2.13. The molecular weight excluding hydrogens is 314 g/mol. The van der Waals surface area contributed by atoms with Crippen LogP contribution in [0.25, 0.3) is 0 Å². The van der Waals surface area contributed by atoms with Crippen molar-refractivity contribution in [2.75, 3.05) is 26.1 Å². The lowest BCUT2D eigenvalue weighted by Gasteiger charge is -2.10. The Labute approximate surface area is 140 Å². The Balaban J connectivity index is 2.73. The second kappa shape index (κ2) is 10.0. The van der Waals surface area contributed by atoms with Gasteiger partial charge in [0.05, 0.1) is 26.9 Å². The molecule has 0 aliphatic rings. The number of hydrogen-bond acceptors (Lipinski definition) is 7. The first kappa shape index (κ1) is 19.2. The summed E-state index contributed by atoms with van der Waals surface area (Å²) in [5.41, 5.74) is 1.50. The quantitative estimate of drug-likeness (QED) is 0.440. The van der Waals surface area contributed by atoms with Crippen molar-refractivity contribution in [2.24, 2.45) is 0 Å². The number of benzene rings is 1. The van der Waals surface area contributed by atoms with Crippen molar-refractivity contribution < 1.29 is 28.6 Å². The zero-order valence-electron chi connectivity index (χ0n) is 14.0. The maximum atomic E-state index is 11.7. The predicted molar refractivity (Wildman–Crippen MR) is 87.1 cm³/mol. The van der Waals surface area contributed by atoms with Crippen molar-refractivity contribution in [1.29, 1.82) is 0 Å². The SMILES string of the molecule is CCOC(=O)CCc1ccc(N/C(=C/C(=O)OC)C(=O)OC)cc1. The molecule has 0 amide bonds. The van der Waals surface area contributed by atoms with Crippen LogP contribution in [0.1, 0.15) is 18.9 Å². The van der Waals surface area contributed by atoms with E-state index >= 15 is 0 Å². The third kappa shape index (κ3) is 6.51. The fraction of sp³-hybridized carbons (Fsp3) is 0.353. The molecule has 1 rings (SSSR count). The lowest BCUT2D eigenvalue weighted by Crippen LogP contribution is -2.15. The lowest BCUT2D eigenvalue weighted by atomic mass is 10.1. The van der Waals surface area contributed by atoms with E-state index in [0.29, 0.717) is 25.1 Å². The molecule has 0 heterocycles. The molecule has 0 radical (unpaired) electrons. The zero-order valence-corrected chi connectivity index (χ0v) is 14.0. The van der Waals surface area contributed by atoms with Crippen molar-refractivity contribution in [3.63, 3.8) is 0 Å². The van der Waals surface area contributed by atoms with Gasteiger partial charge >= 0.3 is 17.9 Å². The highest BCUT2D eigenvalue weighted by Gasteiger charge is 2.12. The lowest BCUT2D eigenvalue weighted by molar-refractivity contribution is -0.143. The number of rotatable bonds is 8. The van der Waals surface area contributed by atoms with Crippen LogP contribution in [0.4, 0.5) is 5.69 Å². The number of nitrogens with one attached hydrogen (secondary N) is 1. The molecule has 0 aliphatic heterocycles. The number of ether oxygens (including phenoxy) is 3. The minimum atomic E-state index is -0.688. The third-order valence-corrected chi connectivity index (χ3v) is 3.02. The molecule has 0 aliphatic carbocycles. The van der Waals surface area contributed by atoms with Crippen LogP contribution in [0.3, 0.4) is 0 Å². The standard InChI is InChI=1S/C17H21NO6/c1-4-24-15(19)10-7-12-5-8-13(9-6-12)18-14(17(21)23-3)11-16(20)22-2/h5-6,8-9,11,18H,4,7,10H2,1-3H3/b14-11+. The average molecular weight is 335 g/mol. The smallest absolute Gasteiger partial charge is 0.354 e. The molecule has 130 valence electrons. The van der Waals surface area contributed by atoms with Gasteiger partial charge < -0.3 is 19.5 Å². The van der Waals surface area contributed by atoms with Gasteiger partial charge in [0.25, 0.3) is 0 Å². The summed E-state index contributed by atoms with van der Waals surface area (Å²) < 4.78 is 14.0. The van der Waals surface area contributed by atoms with E-state index in [2.05, 4.69) is 14.8 Å². The van der Waals surface area contributed by atoms with Gasteiger partial charge in [-0.05, 0) is 31.0 Å². The second-order valence-electron chi connectivity index (χ2n) is 4.70. The first-order valence-corrected chi connectivity index (χ1v) is 7.39. The third-order valence-electron chi connectivity index (χ3n) is 3.02. The Bertz CT molecular complexity index is 606. The molecule has 0 spiro atoms. The maximum absolute atomic E-state index is 11.7. The molecule has 7 heteroatoms. The number of anilines is 1. The molecule has 0 fully saturated rings. The van der Waals surface area contributed by atoms with Gasteiger partial charge in [-0.25, -0.2) is 9.59 Å². The minimum absolute atomic E-state index is 0.0383. The van der Waals surface area contributed by atoms with Gasteiger partial charge in [-0.2, -0.15) is 0 Å². The van der Waals surface area contributed by atoms with Crippen molar-refractivity contribution in [2.45, 2.75) is 19.8 Å². The Morgan fingerprint density at radius 1 is 1.08 bits per heavy atom. The van der Waals surface area contributed by atoms with Gasteiger partial charge in [-0.1, -0.05) is 12.1 Å². The van der Waals surface area contributed by atoms with Gasteiger partial charge in [0.15, 0.2) is 0 Å². The van der Waals surface area contributed by atoms with Crippen LogP contribution >= 0.6 is 0 Å². The topological polar surface area (TPSA) is 90.9 Å². The Kier molecular flexibility index (Phi) is 8.04. The monoisotopic (exact) mass is 335 g/mol. The fourth-order valence-electron chi connectivity index (χ4n) is 1.82. The van der Waals surface area contributed by atoms with E-state index in [1.54, 1.807) is 19.1 Å². The van der Waals surface area contributed by atoms with Crippen LogP contribution in [0, 0.1) is 0 Å². The van der Waals surface area contributed by atoms with Gasteiger partial charge in [0.2, 0.25) is 0 Å². The molecule has 7 nitrogen and oxygen atoms in total. The number of hydrogen-bond donors (Lipinski definition) is 1. The minimum Gasteiger partial charge on any atom is -0.466 e. The molecule has 1 N–H and O–H groups in total. The average Bonchev–Trinajstić information content (AvgIpc) is 2.59. The van der Waals surface area contributed by atoms with Crippen molar-refractivity contribution >= 4 is 23.6 Å². The van der Waals surface area contributed by atoms with Crippen molar-refractivity contribution in [3.8, 4) is 0 Å². The molecule has 1 aromatic rings. The highest BCUT2D eigenvalue weighted by Crippen LogP contribution is 2.14. The Hall–Kier alpha value is -2.83. The second-order valence-corrected chi connectivity index (χ2v) is 4.70. The summed E-state index contributed by atoms with van der Waals surface area (Å²) in [5, 5.41) is 2.80. The molecule has 1 aromatic carbocycles. The van der Waals surface area contributed by atoms with Gasteiger partial charge in [-0.3, -0.25) is 4.79 Å². The van der Waals surface area contributed by atoms with E-state index in [-0.39, 0.29) is 11.7 Å². The number of esters is 3. The van der Waals surface area contributed by atoms with Gasteiger partial charge in [0.1, 0.15) is 5.70 Å². The number of carbonyl (C=O) groups is 3. The van der Waals surface area contributed by atoms with Crippen LogP contribution in [0.15, 0.2) is 36.0 Å². The predicted octanol–water partition coefficient (Wildman–Crippen LogP) is 1.82. The summed E-state index contributed by atoms with van der Waals surface area (Å²) in [6, 6.07) is 7.09.